The molecule has 0 saturated carbocycles. The van der Waals surface area contributed by atoms with Crippen molar-refractivity contribution in [3.05, 3.63) is 70.6 Å². The van der Waals surface area contributed by atoms with Crippen LogP contribution in [0.4, 0.5) is 0 Å². The number of benzene rings is 2. The van der Waals surface area contributed by atoms with Crippen molar-refractivity contribution in [2.24, 2.45) is 0 Å². The van der Waals surface area contributed by atoms with Crippen molar-refractivity contribution in [3.63, 3.8) is 0 Å². The summed E-state index contributed by atoms with van der Waals surface area (Å²) in [7, 11) is 1.93. The second-order valence-corrected chi connectivity index (χ2v) is 5.90. The second kappa shape index (κ2) is 6.20. The molecule has 106 valence electrons. The number of hydrogen-bond donors (Lipinski definition) is 1. The van der Waals surface area contributed by atoms with Gasteiger partial charge in [-0.05, 0) is 48.5 Å². The zero-order valence-corrected chi connectivity index (χ0v) is 12.7. The minimum atomic E-state index is 0.120. The van der Waals surface area contributed by atoms with Gasteiger partial charge in [-0.2, -0.15) is 0 Å². The van der Waals surface area contributed by atoms with Crippen LogP contribution in [0.2, 0.25) is 0 Å². The maximum absolute atomic E-state index is 12.9. The predicted octanol–water partition coefficient (Wildman–Crippen LogP) is 3.89. The summed E-state index contributed by atoms with van der Waals surface area (Å²) in [5.74, 6) is 0.120. The molecule has 1 aromatic heterocycles. The summed E-state index contributed by atoms with van der Waals surface area (Å²) in [4.78, 5) is 12.9. The molecule has 3 aromatic rings. The number of fused-ring (bicyclic) bond motifs is 1. The van der Waals surface area contributed by atoms with Crippen LogP contribution < -0.4 is 5.32 Å². The number of likely N-dealkylation sites (N-methyl/N-ethyl adjacent to an activating group) is 1. The lowest BCUT2D eigenvalue weighted by Gasteiger charge is -2.09. The van der Waals surface area contributed by atoms with E-state index in [1.54, 1.807) is 11.3 Å². The van der Waals surface area contributed by atoms with E-state index in [1.807, 2.05) is 48.8 Å². The highest BCUT2D eigenvalue weighted by Crippen LogP contribution is 2.27. The molecule has 2 aromatic carbocycles. The highest BCUT2D eigenvalue weighted by Gasteiger charge is 2.16. The van der Waals surface area contributed by atoms with Gasteiger partial charge in [0.05, 0.1) is 0 Å². The molecule has 3 rings (SSSR count). The number of ketones is 1. The molecule has 3 heteroatoms. The Balaban J connectivity index is 2.04. The normalized spacial score (nSPS) is 10.9. The van der Waals surface area contributed by atoms with E-state index in [0.29, 0.717) is 0 Å². The molecule has 0 unspecified atom stereocenters. The molecule has 0 spiro atoms. The molecule has 21 heavy (non-hydrogen) atoms. The number of nitrogens with one attached hydrogen (secondary N) is 1. The van der Waals surface area contributed by atoms with Crippen molar-refractivity contribution in [2.45, 2.75) is 6.42 Å². The standard InChI is InChI=1S/C18H17NOS/c1-19-11-9-13-5-2-3-7-15(13)17(20)16-8-4-6-14-10-12-21-18(14)16/h2-8,10,12,19H,9,11H2,1H3. The van der Waals surface area contributed by atoms with Crippen LogP contribution in [0.1, 0.15) is 21.5 Å². The van der Waals surface area contributed by atoms with Crippen molar-refractivity contribution in [1.29, 1.82) is 0 Å². The molecule has 0 fully saturated rings. The molecule has 2 nitrogen and oxygen atoms in total. The van der Waals surface area contributed by atoms with Crippen LogP contribution in [0.3, 0.4) is 0 Å². The van der Waals surface area contributed by atoms with Crippen LogP contribution in [-0.4, -0.2) is 19.4 Å². The van der Waals surface area contributed by atoms with E-state index >= 15 is 0 Å². The fourth-order valence-corrected chi connectivity index (χ4v) is 3.45. The number of carbonyl (C=O) groups is 1. The topological polar surface area (TPSA) is 29.1 Å². The number of thiophene rings is 1. The average Bonchev–Trinajstić information content (AvgIpc) is 3.01. The van der Waals surface area contributed by atoms with E-state index in [4.69, 9.17) is 0 Å². The number of rotatable bonds is 5. The van der Waals surface area contributed by atoms with Gasteiger partial charge in [-0.3, -0.25) is 4.79 Å². The molecule has 0 atom stereocenters. The first-order chi connectivity index (χ1) is 10.3. The molecule has 1 N–H and O–H groups in total. The van der Waals surface area contributed by atoms with E-state index in [0.717, 1.165) is 39.7 Å². The Hall–Kier alpha value is -1.97. The van der Waals surface area contributed by atoms with Crippen LogP contribution in [0, 0.1) is 0 Å². The van der Waals surface area contributed by atoms with Gasteiger partial charge in [0.1, 0.15) is 0 Å². The fraction of sp³-hybridized carbons (Fsp3) is 0.167. The van der Waals surface area contributed by atoms with E-state index in [9.17, 15) is 4.79 Å². The zero-order valence-electron chi connectivity index (χ0n) is 11.9. The molecular weight excluding hydrogens is 278 g/mol. The molecular formula is C18H17NOS. The summed E-state index contributed by atoms with van der Waals surface area (Å²) >= 11 is 1.63. The van der Waals surface area contributed by atoms with Gasteiger partial charge in [0.25, 0.3) is 0 Å². The molecule has 1 heterocycles. The molecule has 0 aliphatic heterocycles. The number of hydrogen-bond acceptors (Lipinski definition) is 3. The van der Waals surface area contributed by atoms with Gasteiger partial charge in [0, 0.05) is 15.8 Å². The maximum Gasteiger partial charge on any atom is 0.194 e. The van der Waals surface area contributed by atoms with Gasteiger partial charge in [-0.15, -0.1) is 11.3 Å². The van der Waals surface area contributed by atoms with Crippen molar-refractivity contribution >= 4 is 27.2 Å². The molecule has 0 aliphatic carbocycles. The minimum Gasteiger partial charge on any atom is -0.319 e. The fourth-order valence-electron chi connectivity index (χ4n) is 2.54. The smallest absolute Gasteiger partial charge is 0.194 e. The molecule has 0 bridgehead atoms. The van der Waals surface area contributed by atoms with Crippen LogP contribution in [0.25, 0.3) is 10.1 Å². The lowest BCUT2D eigenvalue weighted by atomic mass is 9.96. The van der Waals surface area contributed by atoms with E-state index in [2.05, 4.69) is 17.4 Å². The van der Waals surface area contributed by atoms with Crippen LogP contribution in [-0.2, 0) is 6.42 Å². The minimum absolute atomic E-state index is 0.120. The summed E-state index contributed by atoms with van der Waals surface area (Å²) in [5.41, 5.74) is 2.72. The summed E-state index contributed by atoms with van der Waals surface area (Å²) in [6.45, 7) is 0.869. The van der Waals surface area contributed by atoms with Crippen LogP contribution in [0.5, 0.6) is 0 Å². The Kier molecular flexibility index (Phi) is 4.13. The van der Waals surface area contributed by atoms with E-state index < -0.39 is 0 Å². The predicted molar refractivity (Wildman–Crippen MR) is 89.3 cm³/mol. The lowest BCUT2D eigenvalue weighted by Crippen LogP contribution is -2.13. The van der Waals surface area contributed by atoms with Gasteiger partial charge in [-0.25, -0.2) is 0 Å². The van der Waals surface area contributed by atoms with Crippen molar-refractivity contribution in [3.8, 4) is 0 Å². The summed E-state index contributed by atoms with van der Waals surface area (Å²) in [6, 6.07) is 15.9. The van der Waals surface area contributed by atoms with Crippen molar-refractivity contribution < 1.29 is 4.79 Å². The van der Waals surface area contributed by atoms with Crippen LogP contribution >= 0.6 is 11.3 Å². The highest BCUT2D eigenvalue weighted by atomic mass is 32.1. The molecule has 0 saturated heterocycles. The van der Waals surface area contributed by atoms with E-state index in [1.165, 1.54) is 0 Å². The first-order valence-corrected chi connectivity index (χ1v) is 7.92. The number of carbonyl (C=O) groups excluding carboxylic acids is 1. The Labute approximate surface area is 128 Å². The van der Waals surface area contributed by atoms with Gasteiger partial charge in [-0.1, -0.05) is 36.4 Å². The summed E-state index contributed by atoms with van der Waals surface area (Å²) < 4.78 is 1.07. The van der Waals surface area contributed by atoms with Gasteiger partial charge >= 0.3 is 0 Å². The Morgan fingerprint density at radius 3 is 2.71 bits per heavy atom. The largest absolute Gasteiger partial charge is 0.319 e. The van der Waals surface area contributed by atoms with Gasteiger partial charge < -0.3 is 5.32 Å². The third-order valence-corrected chi connectivity index (χ3v) is 4.59. The zero-order chi connectivity index (χ0) is 14.7. The molecule has 0 aliphatic rings. The monoisotopic (exact) mass is 295 g/mol. The Morgan fingerprint density at radius 2 is 1.86 bits per heavy atom. The maximum atomic E-state index is 12.9. The van der Waals surface area contributed by atoms with E-state index in [-0.39, 0.29) is 5.78 Å². The SMILES string of the molecule is CNCCc1ccccc1C(=O)c1cccc2ccsc12. The van der Waals surface area contributed by atoms with Gasteiger partial charge in [0.15, 0.2) is 5.78 Å². The summed E-state index contributed by atoms with van der Waals surface area (Å²) in [6.07, 6.45) is 0.860. The van der Waals surface area contributed by atoms with Crippen molar-refractivity contribution in [1.82, 2.24) is 5.32 Å². The first-order valence-electron chi connectivity index (χ1n) is 7.04. The second-order valence-electron chi connectivity index (χ2n) is 4.98. The lowest BCUT2D eigenvalue weighted by molar-refractivity contribution is 0.103. The summed E-state index contributed by atoms with van der Waals surface area (Å²) in [5, 5.41) is 6.31. The quantitative estimate of drug-likeness (QED) is 0.723. The first kappa shape index (κ1) is 14.0. The molecule has 0 radical (unpaired) electrons. The Morgan fingerprint density at radius 1 is 1.05 bits per heavy atom. The third-order valence-electron chi connectivity index (χ3n) is 3.63. The third kappa shape index (κ3) is 2.75. The molecule has 0 amide bonds. The van der Waals surface area contributed by atoms with Crippen molar-refractivity contribution in [2.75, 3.05) is 13.6 Å². The highest BCUT2D eigenvalue weighted by molar-refractivity contribution is 7.17. The Bertz CT molecular complexity index is 775. The van der Waals surface area contributed by atoms with Gasteiger partial charge in [0.2, 0.25) is 0 Å². The average molecular weight is 295 g/mol. The van der Waals surface area contributed by atoms with Crippen LogP contribution in [0.15, 0.2) is 53.9 Å².